The summed E-state index contributed by atoms with van der Waals surface area (Å²) in [6, 6.07) is 15.2. The molecule has 1 amide bonds. The van der Waals surface area contributed by atoms with Gasteiger partial charge >= 0.3 is 0 Å². The maximum Gasteiger partial charge on any atom is 0.276 e. The minimum atomic E-state index is -0.573. The van der Waals surface area contributed by atoms with Crippen molar-refractivity contribution in [1.29, 1.82) is 0 Å². The van der Waals surface area contributed by atoms with Crippen molar-refractivity contribution in [3.8, 4) is 5.75 Å². The van der Waals surface area contributed by atoms with Gasteiger partial charge in [0.25, 0.3) is 5.91 Å². The number of nitrogens with zero attached hydrogens (tertiary/aromatic N) is 2. The summed E-state index contributed by atoms with van der Waals surface area (Å²) in [5.74, 6) is 0.198. The van der Waals surface area contributed by atoms with Crippen molar-refractivity contribution < 1.29 is 14.7 Å². The first-order chi connectivity index (χ1) is 14.0. The van der Waals surface area contributed by atoms with Crippen LogP contribution in [0.3, 0.4) is 0 Å². The number of hydroxylamine groups is 1. The molecular formula is C21H20BrN3O3S. The topological polar surface area (TPSA) is 74.7 Å². The Kier molecular flexibility index (Phi) is 7.13. The quantitative estimate of drug-likeness (QED) is 0.286. The first-order valence-corrected chi connectivity index (χ1v) is 10.3. The molecule has 0 saturated heterocycles. The maximum atomic E-state index is 12.4. The van der Waals surface area contributed by atoms with Crippen molar-refractivity contribution in [2.24, 2.45) is 0 Å². The van der Waals surface area contributed by atoms with Crippen molar-refractivity contribution in [3.63, 3.8) is 0 Å². The van der Waals surface area contributed by atoms with Crippen LogP contribution in [0.25, 0.3) is 0 Å². The van der Waals surface area contributed by atoms with Crippen LogP contribution >= 0.6 is 27.9 Å². The van der Waals surface area contributed by atoms with Crippen LogP contribution in [-0.2, 0) is 6.54 Å². The number of halogens is 1. The summed E-state index contributed by atoms with van der Waals surface area (Å²) >= 11 is 4.92. The van der Waals surface area contributed by atoms with E-state index >= 15 is 0 Å². The van der Waals surface area contributed by atoms with Crippen molar-refractivity contribution in [1.82, 2.24) is 10.5 Å². The number of pyridine rings is 1. The number of aromatic nitrogens is 1. The van der Waals surface area contributed by atoms with E-state index in [4.69, 9.17) is 4.74 Å². The fourth-order valence-electron chi connectivity index (χ4n) is 2.88. The second-order valence-electron chi connectivity index (χ2n) is 6.22. The number of hydrogen-bond acceptors (Lipinski definition) is 6. The smallest absolute Gasteiger partial charge is 0.276 e. The van der Waals surface area contributed by atoms with Gasteiger partial charge in [0.05, 0.1) is 24.9 Å². The van der Waals surface area contributed by atoms with Gasteiger partial charge in [-0.3, -0.25) is 15.0 Å². The fourth-order valence-corrected chi connectivity index (χ4v) is 4.51. The van der Waals surface area contributed by atoms with Crippen LogP contribution in [-0.4, -0.2) is 23.2 Å². The van der Waals surface area contributed by atoms with Gasteiger partial charge in [0.2, 0.25) is 0 Å². The van der Waals surface area contributed by atoms with Gasteiger partial charge in [-0.15, -0.1) is 0 Å². The summed E-state index contributed by atoms with van der Waals surface area (Å²) in [7, 11) is 1.63. The lowest BCUT2D eigenvalue weighted by molar-refractivity contribution is 0.0707. The predicted molar refractivity (Wildman–Crippen MR) is 117 cm³/mol. The van der Waals surface area contributed by atoms with E-state index in [9.17, 15) is 10.0 Å². The van der Waals surface area contributed by atoms with Gasteiger partial charge in [-0.2, -0.15) is 0 Å². The Morgan fingerprint density at radius 2 is 2.03 bits per heavy atom. The summed E-state index contributed by atoms with van der Waals surface area (Å²) in [6.07, 6.45) is 3.52. The highest BCUT2D eigenvalue weighted by atomic mass is 79.9. The molecule has 0 aliphatic rings. The number of nitrogens with one attached hydrogen (secondary N) is 1. The number of carbonyl (C=O) groups is 1. The van der Waals surface area contributed by atoms with Crippen LogP contribution in [0.15, 0.2) is 70.3 Å². The highest BCUT2D eigenvalue weighted by molar-refractivity contribution is 9.10. The molecule has 3 rings (SSSR count). The average molecular weight is 474 g/mol. The van der Waals surface area contributed by atoms with E-state index in [0.29, 0.717) is 17.8 Å². The Morgan fingerprint density at radius 1 is 1.28 bits per heavy atom. The fraction of sp³-hybridized carbons (Fsp3) is 0.143. The van der Waals surface area contributed by atoms with Crippen molar-refractivity contribution >= 4 is 39.5 Å². The Morgan fingerprint density at radius 3 is 2.66 bits per heavy atom. The third-order valence-corrected chi connectivity index (χ3v) is 5.66. The highest BCUT2D eigenvalue weighted by Crippen LogP contribution is 2.37. The van der Waals surface area contributed by atoms with Gasteiger partial charge in [-0.25, -0.2) is 5.48 Å². The Balaban J connectivity index is 2.05. The van der Waals surface area contributed by atoms with Crippen molar-refractivity contribution in [2.45, 2.75) is 18.4 Å². The van der Waals surface area contributed by atoms with Gasteiger partial charge in [0, 0.05) is 21.8 Å². The van der Waals surface area contributed by atoms with E-state index in [1.54, 1.807) is 31.0 Å². The second-order valence-corrected chi connectivity index (χ2v) is 8.23. The molecule has 1 aromatic heterocycles. The number of amides is 1. The van der Waals surface area contributed by atoms with Gasteiger partial charge in [-0.1, -0.05) is 22.0 Å². The molecule has 0 radical (unpaired) electrons. The molecular weight excluding hydrogens is 454 g/mol. The van der Waals surface area contributed by atoms with Gasteiger partial charge in [0.15, 0.2) is 0 Å². The van der Waals surface area contributed by atoms with Gasteiger partial charge < -0.3 is 9.04 Å². The van der Waals surface area contributed by atoms with E-state index in [-0.39, 0.29) is 0 Å². The molecule has 1 heterocycles. The van der Waals surface area contributed by atoms with E-state index in [0.717, 1.165) is 26.2 Å². The molecule has 0 bridgehead atoms. The zero-order valence-electron chi connectivity index (χ0n) is 15.9. The largest absolute Gasteiger partial charge is 0.497 e. The van der Waals surface area contributed by atoms with E-state index in [1.165, 1.54) is 11.9 Å². The van der Waals surface area contributed by atoms with E-state index in [2.05, 4.69) is 20.9 Å². The highest BCUT2D eigenvalue weighted by Gasteiger charge is 2.21. The first-order valence-electron chi connectivity index (χ1n) is 8.75. The average Bonchev–Trinajstić information content (AvgIpc) is 2.73. The molecule has 8 heteroatoms. The molecule has 0 unspecified atom stereocenters. The molecule has 0 aliphatic heterocycles. The van der Waals surface area contributed by atoms with Gasteiger partial charge in [-0.05, 0) is 72.5 Å². The summed E-state index contributed by atoms with van der Waals surface area (Å²) in [6.45, 7) is 2.44. The van der Waals surface area contributed by atoms with Crippen LogP contribution in [0.4, 0.5) is 5.69 Å². The third kappa shape index (κ3) is 5.29. The molecule has 150 valence electrons. The van der Waals surface area contributed by atoms with E-state index < -0.39 is 5.91 Å². The van der Waals surface area contributed by atoms with Crippen molar-refractivity contribution in [2.75, 3.05) is 11.4 Å². The van der Waals surface area contributed by atoms with E-state index in [1.807, 2.05) is 53.7 Å². The first kappa shape index (κ1) is 21.2. The zero-order chi connectivity index (χ0) is 20.8. The monoisotopic (exact) mass is 473 g/mol. The Labute approximate surface area is 182 Å². The molecule has 0 spiro atoms. The number of carbonyl (C=O) groups excluding carboxylic acids is 1. The lowest BCUT2D eigenvalue weighted by atomic mass is 10.1. The molecule has 0 aliphatic carbocycles. The zero-order valence-corrected chi connectivity index (χ0v) is 18.3. The van der Waals surface area contributed by atoms with Crippen LogP contribution in [0.1, 0.15) is 21.5 Å². The second kappa shape index (κ2) is 9.78. The molecule has 2 N–H and O–H groups in total. The summed E-state index contributed by atoms with van der Waals surface area (Å²) in [4.78, 5) is 17.6. The molecule has 6 nitrogen and oxygen atoms in total. The number of benzene rings is 2. The molecule has 3 aromatic rings. The SMILES string of the molecule is COc1ccc(SN(Cc2cccnc2)c2c(C)cc(Br)cc2C(=O)NO)cc1. The Hall–Kier alpha value is -2.55. The molecule has 0 fully saturated rings. The van der Waals surface area contributed by atoms with Crippen LogP contribution in [0.5, 0.6) is 5.75 Å². The predicted octanol–water partition coefficient (Wildman–Crippen LogP) is 4.99. The molecule has 29 heavy (non-hydrogen) atoms. The molecule has 0 saturated carbocycles. The van der Waals surface area contributed by atoms with Crippen LogP contribution in [0, 0.1) is 6.92 Å². The van der Waals surface area contributed by atoms with Crippen molar-refractivity contribution in [3.05, 3.63) is 82.1 Å². The van der Waals surface area contributed by atoms with Crippen LogP contribution in [0.2, 0.25) is 0 Å². The maximum absolute atomic E-state index is 12.4. The number of rotatable bonds is 7. The number of aryl methyl sites for hydroxylation is 1. The van der Waals surface area contributed by atoms with Crippen LogP contribution < -0.4 is 14.5 Å². The summed E-state index contributed by atoms with van der Waals surface area (Å²) in [5, 5.41) is 9.25. The lowest BCUT2D eigenvalue weighted by Gasteiger charge is -2.27. The number of hydrogen-bond donors (Lipinski definition) is 2. The minimum Gasteiger partial charge on any atom is -0.497 e. The van der Waals surface area contributed by atoms with Gasteiger partial charge in [0.1, 0.15) is 5.75 Å². The normalized spacial score (nSPS) is 10.5. The molecule has 2 aromatic carbocycles. The number of methoxy groups -OCH3 is 1. The minimum absolute atomic E-state index is 0.365. The number of ether oxygens (including phenoxy) is 1. The standard InChI is InChI=1S/C21H20BrN3O3S/c1-14-10-16(22)11-19(21(26)24-27)20(14)25(13-15-4-3-9-23-12-15)29-18-7-5-17(28-2)6-8-18/h3-12,27H,13H2,1-2H3,(H,24,26). The lowest BCUT2D eigenvalue weighted by Crippen LogP contribution is -2.24. The molecule has 0 atom stereocenters. The summed E-state index contributed by atoms with van der Waals surface area (Å²) < 4.78 is 8.01. The number of anilines is 1. The Bertz CT molecular complexity index is 984. The summed E-state index contributed by atoms with van der Waals surface area (Å²) in [5.41, 5.74) is 4.71. The third-order valence-electron chi connectivity index (χ3n) is 4.18.